The zero-order chi connectivity index (χ0) is 11.5. The molecule has 0 fully saturated rings. The summed E-state index contributed by atoms with van der Waals surface area (Å²) in [5.74, 6) is 0.0919. The van der Waals surface area contributed by atoms with Gasteiger partial charge in [0.1, 0.15) is 0 Å². The molecule has 0 spiro atoms. The van der Waals surface area contributed by atoms with Crippen molar-refractivity contribution in [3.8, 4) is 0 Å². The highest BCUT2D eigenvalue weighted by atomic mass is 35.5. The fraction of sp³-hybridized carbons (Fsp3) is 0.154. The number of benzene rings is 1. The topological polar surface area (TPSA) is 17.1 Å². The second kappa shape index (κ2) is 4.81. The number of ketones is 1. The summed E-state index contributed by atoms with van der Waals surface area (Å²) < 4.78 is 0. The average Bonchev–Trinajstić information content (AvgIpc) is 2.68. The van der Waals surface area contributed by atoms with Gasteiger partial charge in [-0.25, -0.2) is 0 Å². The van der Waals surface area contributed by atoms with Crippen LogP contribution in [0.1, 0.15) is 20.8 Å². The number of halogens is 1. The van der Waals surface area contributed by atoms with Gasteiger partial charge in [0, 0.05) is 6.42 Å². The highest BCUT2D eigenvalue weighted by molar-refractivity contribution is 7.12. The minimum absolute atomic E-state index is 0.0919. The first-order valence-corrected chi connectivity index (χ1v) is 6.25. The first kappa shape index (κ1) is 11.4. The number of hydrogen-bond acceptors (Lipinski definition) is 2. The lowest BCUT2D eigenvalue weighted by Crippen LogP contribution is -2.03. The van der Waals surface area contributed by atoms with Gasteiger partial charge in [-0.3, -0.25) is 4.79 Å². The summed E-state index contributed by atoms with van der Waals surface area (Å²) in [6, 6.07) is 9.68. The van der Waals surface area contributed by atoms with Crippen LogP contribution in [-0.2, 0) is 6.42 Å². The molecule has 0 bridgehead atoms. The molecule has 0 N–H and O–H groups in total. The SMILES string of the molecule is Cc1ccccc1CC(=O)c1sccc1Cl. The molecule has 1 nitrogen and oxygen atoms in total. The fourth-order valence-electron chi connectivity index (χ4n) is 1.55. The molecule has 0 aliphatic carbocycles. The second-order valence-corrected chi connectivity index (χ2v) is 4.95. The van der Waals surface area contributed by atoms with Crippen LogP contribution in [-0.4, -0.2) is 5.78 Å². The maximum Gasteiger partial charge on any atom is 0.178 e. The minimum atomic E-state index is 0.0919. The van der Waals surface area contributed by atoms with Gasteiger partial charge in [-0.1, -0.05) is 35.9 Å². The Morgan fingerprint density at radius 3 is 2.69 bits per heavy atom. The Labute approximate surface area is 104 Å². The van der Waals surface area contributed by atoms with E-state index in [0.29, 0.717) is 16.3 Å². The predicted octanol–water partition coefficient (Wildman–Crippen LogP) is 4.14. The number of thiophene rings is 1. The van der Waals surface area contributed by atoms with Gasteiger partial charge in [0.05, 0.1) is 9.90 Å². The minimum Gasteiger partial charge on any atom is -0.293 e. The second-order valence-electron chi connectivity index (χ2n) is 3.62. The van der Waals surface area contributed by atoms with Crippen molar-refractivity contribution in [2.75, 3.05) is 0 Å². The number of aryl methyl sites for hydroxylation is 1. The third kappa shape index (κ3) is 2.34. The Bertz CT molecular complexity index is 516. The number of carbonyl (C=O) groups is 1. The quantitative estimate of drug-likeness (QED) is 0.749. The average molecular weight is 251 g/mol. The van der Waals surface area contributed by atoms with Crippen LogP contribution in [0.2, 0.25) is 5.02 Å². The normalized spacial score (nSPS) is 10.4. The molecule has 16 heavy (non-hydrogen) atoms. The maximum absolute atomic E-state index is 12.0. The molecule has 0 unspecified atom stereocenters. The zero-order valence-electron chi connectivity index (χ0n) is 8.87. The number of hydrogen-bond donors (Lipinski definition) is 0. The van der Waals surface area contributed by atoms with Crippen molar-refractivity contribution in [2.45, 2.75) is 13.3 Å². The van der Waals surface area contributed by atoms with Gasteiger partial charge >= 0.3 is 0 Å². The molecular weight excluding hydrogens is 240 g/mol. The Morgan fingerprint density at radius 2 is 2.06 bits per heavy atom. The Hall–Kier alpha value is -1.12. The summed E-state index contributed by atoms with van der Waals surface area (Å²) in [6.07, 6.45) is 0.424. The predicted molar refractivity (Wildman–Crippen MR) is 68.5 cm³/mol. The van der Waals surface area contributed by atoms with E-state index in [1.807, 2.05) is 36.6 Å². The van der Waals surface area contributed by atoms with Gasteiger partial charge in [0.15, 0.2) is 5.78 Å². The van der Waals surface area contributed by atoms with Gasteiger partial charge in [-0.15, -0.1) is 11.3 Å². The van der Waals surface area contributed by atoms with Gasteiger partial charge in [-0.05, 0) is 29.5 Å². The molecular formula is C13H11ClOS. The van der Waals surface area contributed by atoms with Crippen molar-refractivity contribution in [1.82, 2.24) is 0 Å². The largest absolute Gasteiger partial charge is 0.293 e. The summed E-state index contributed by atoms with van der Waals surface area (Å²) in [5, 5.41) is 2.40. The van der Waals surface area contributed by atoms with Crippen molar-refractivity contribution in [2.24, 2.45) is 0 Å². The van der Waals surface area contributed by atoms with E-state index in [1.54, 1.807) is 6.07 Å². The van der Waals surface area contributed by atoms with E-state index in [1.165, 1.54) is 11.3 Å². The third-order valence-electron chi connectivity index (χ3n) is 2.48. The monoisotopic (exact) mass is 250 g/mol. The molecule has 0 saturated carbocycles. The summed E-state index contributed by atoms with van der Waals surface area (Å²) in [6.45, 7) is 2.01. The molecule has 0 aliphatic heterocycles. The maximum atomic E-state index is 12.0. The van der Waals surface area contributed by atoms with Crippen molar-refractivity contribution in [3.63, 3.8) is 0 Å². The van der Waals surface area contributed by atoms with Crippen molar-refractivity contribution < 1.29 is 4.79 Å². The van der Waals surface area contributed by atoms with Crippen LogP contribution in [0.3, 0.4) is 0 Å². The molecule has 0 saturated heterocycles. The molecule has 0 amide bonds. The van der Waals surface area contributed by atoms with Crippen molar-refractivity contribution in [3.05, 3.63) is 56.7 Å². The molecule has 2 rings (SSSR count). The number of carbonyl (C=O) groups excluding carboxylic acids is 1. The van der Waals surface area contributed by atoms with E-state index in [9.17, 15) is 4.79 Å². The lowest BCUT2D eigenvalue weighted by molar-refractivity contribution is 0.0997. The summed E-state index contributed by atoms with van der Waals surface area (Å²) in [5.41, 5.74) is 2.21. The number of Topliss-reactive ketones (excluding diaryl/α,β-unsaturated/α-hetero) is 1. The third-order valence-corrected chi connectivity index (χ3v) is 3.87. The van der Waals surface area contributed by atoms with Crippen LogP contribution in [0.15, 0.2) is 35.7 Å². The van der Waals surface area contributed by atoms with E-state index in [0.717, 1.165) is 11.1 Å². The zero-order valence-corrected chi connectivity index (χ0v) is 10.4. The van der Waals surface area contributed by atoms with E-state index in [4.69, 9.17) is 11.6 Å². The first-order valence-electron chi connectivity index (χ1n) is 4.99. The lowest BCUT2D eigenvalue weighted by Gasteiger charge is -2.03. The Morgan fingerprint density at radius 1 is 1.31 bits per heavy atom. The van der Waals surface area contributed by atoms with Crippen LogP contribution in [0.4, 0.5) is 0 Å². The Kier molecular flexibility index (Phi) is 3.42. The number of rotatable bonds is 3. The van der Waals surface area contributed by atoms with Gasteiger partial charge in [0.25, 0.3) is 0 Å². The summed E-state index contributed by atoms with van der Waals surface area (Å²) in [4.78, 5) is 12.6. The highest BCUT2D eigenvalue weighted by Gasteiger charge is 2.13. The standard InChI is InChI=1S/C13H11ClOS/c1-9-4-2-3-5-10(9)8-12(15)13-11(14)6-7-16-13/h2-7H,8H2,1H3. The highest BCUT2D eigenvalue weighted by Crippen LogP contribution is 2.24. The van der Waals surface area contributed by atoms with Crippen LogP contribution < -0.4 is 0 Å². The van der Waals surface area contributed by atoms with Crippen LogP contribution in [0.25, 0.3) is 0 Å². The smallest absolute Gasteiger partial charge is 0.178 e. The molecule has 0 aliphatic rings. The van der Waals surface area contributed by atoms with Gasteiger partial charge in [0.2, 0.25) is 0 Å². The van der Waals surface area contributed by atoms with Gasteiger partial charge < -0.3 is 0 Å². The van der Waals surface area contributed by atoms with Gasteiger partial charge in [-0.2, -0.15) is 0 Å². The summed E-state index contributed by atoms with van der Waals surface area (Å²) in [7, 11) is 0. The van der Waals surface area contributed by atoms with Crippen LogP contribution >= 0.6 is 22.9 Å². The molecule has 2 aromatic rings. The molecule has 0 radical (unpaired) electrons. The van der Waals surface area contributed by atoms with Crippen molar-refractivity contribution in [1.29, 1.82) is 0 Å². The Balaban J connectivity index is 2.21. The fourth-order valence-corrected chi connectivity index (χ4v) is 2.66. The van der Waals surface area contributed by atoms with Crippen LogP contribution in [0.5, 0.6) is 0 Å². The molecule has 0 atom stereocenters. The summed E-state index contributed by atoms with van der Waals surface area (Å²) >= 11 is 7.33. The van der Waals surface area contributed by atoms with Crippen molar-refractivity contribution >= 4 is 28.7 Å². The van der Waals surface area contributed by atoms with E-state index in [2.05, 4.69) is 0 Å². The molecule has 1 aromatic carbocycles. The molecule has 1 heterocycles. The first-order chi connectivity index (χ1) is 7.68. The van der Waals surface area contributed by atoms with E-state index in [-0.39, 0.29) is 5.78 Å². The van der Waals surface area contributed by atoms with E-state index < -0.39 is 0 Å². The van der Waals surface area contributed by atoms with Crippen LogP contribution in [0, 0.1) is 6.92 Å². The van der Waals surface area contributed by atoms with E-state index >= 15 is 0 Å². The lowest BCUT2D eigenvalue weighted by atomic mass is 10.0. The molecule has 82 valence electrons. The molecule has 3 heteroatoms. The molecule has 1 aromatic heterocycles.